The van der Waals surface area contributed by atoms with Gasteiger partial charge in [-0.1, -0.05) is 66.7 Å². The number of hydrogen-bond acceptors (Lipinski definition) is 4. The van der Waals surface area contributed by atoms with Gasteiger partial charge in [0.15, 0.2) is 0 Å². The number of anilines is 2. The topological polar surface area (TPSA) is 46.8 Å². The minimum atomic E-state index is -0.00558. The molecule has 37 heavy (non-hydrogen) atoms. The molecule has 0 fully saturated rings. The Morgan fingerprint density at radius 3 is 1.89 bits per heavy atom. The van der Waals surface area contributed by atoms with Crippen LogP contribution in [0.1, 0.15) is 0 Å². The smallest absolute Gasteiger partial charge is 0.329 e. The Kier molecular flexibility index (Phi) is 4.25. The van der Waals surface area contributed by atoms with Crippen LogP contribution in [0, 0.1) is 0 Å². The van der Waals surface area contributed by atoms with Gasteiger partial charge in [0.1, 0.15) is 0 Å². The summed E-state index contributed by atoms with van der Waals surface area (Å²) < 4.78 is 0. The molecule has 2 aliphatic rings. The fraction of sp³-hybridized carbons (Fsp3) is 0. The van der Waals surface area contributed by atoms with E-state index in [2.05, 4.69) is 111 Å². The second-order valence-electron chi connectivity index (χ2n) is 9.41. The van der Waals surface area contributed by atoms with Crippen molar-refractivity contribution in [2.45, 2.75) is 0 Å². The first-order valence-electron chi connectivity index (χ1n) is 12.4. The summed E-state index contributed by atoms with van der Waals surface area (Å²) in [6, 6.07) is 36.8. The molecule has 0 spiro atoms. The summed E-state index contributed by atoms with van der Waals surface area (Å²) in [5.41, 5.74) is 12.9. The van der Waals surface area contributed by atoms with Crippen molar-refractivity contribution in [3.8, 4) is 39.2 Å². The molecule has 6 heteroatoms. The molecule has 2 aliphatic heterocycles. The number of fused-ring (bicyclic) bond motifs is 11. The lowest BCUT2D eigenvalue weighted by molar-refractivity contribution is 0.752. The maximum atomic E-state index is 4.64. The van der Waals surface area contributed by atoms with Crippen LogP contribution in [-0.2, 0) is 0 Å². The molecule has 172 valence electrons. The molecule has 0 saturated carbocycles. The third kappa shape index (κ3) is 2.96. The van der Waals surface area contributed by atoms with E-state index in [4.69, 9.17) is 0 Å². The number of aromatic nitrogens is 4. The fourth-order valence-corrected chi connectivity index (χ4v) is 5.90. The van der Waals surface area contributed by atoms with Crippen LogP contribution < -0.4 is 15.7 Å². The lowest BCUT2D eigenvalue weighted by atomic mass is 9.43. The summed E-state index contributed by atoms with van der Waals surface area (Å²) in [5.74, 6) is 0. The largest absolute Gasteiger partial charge is 0.376 e. The molecule has 4 heterocycles. The lowest BCUT2D eigenvalue weighted by Crippen LogP contribution is -2.59. The highest BCUT2D eigenvalue weighted by atomic mass is 15.5. The second-order valence-corrected chi connectivity index (χ2v) is 9.41. The number of benzene rings is 4. The zero-order valence-corrected chi connectivity index (χ0v) is 19.9. The molecule has 0 unspecified atom stereocenters. The Morgan fingerprint density at radius 2 is 1.19 bits per heavy atom. The van der Waals surface area contributed by atoms with Crippen molar-refractivity contribution in [1.82, 2.24) is 20.0 Å². The molecular formula is C31H20BN5. The molecule has 6 aromatic rings. The van der Waals surface area contributed by atoms with Crippen LogP contribution in [0.25, 0.3) is 39.2 Å². The molecule has 0 amide bonds. The highest BCUT2D eigenvalue weighted by Crippen LogP contribution is 2.46. The number of nitrogens with zero attached hydrogens (tertiary/aromatic N) is 5. The number of pyridine rings is 1. The molecular weight excluding hydrogens is 453 g/mol. The molecule has 0 N–H and O–H groups in total. The van der Waals surface area contributed by atoms with Gasteiger partial charge < -0.3 is 4.81 Å². The maximum absolute atomic E-state index is 4.64. The van der Waals surface area contributed by atoms with Crippen molar-refractivity contribution in [3.05, 3.63) is 122 Å². The first kappa shape index (κ1) is 20.2. The molecule has 0 aliphatic carbocycles. The Labute approximate surface area is 214 Å². The molecule has 2 aromatic heterocycles. The van der Waals surface area contributed by atoms with Crippen LogP contribution in [0.2, 0.25) is 0 Å². The van der Waals surface area contributed by atoms with Gasteiger partial charge in [-0.25, -0.2) is 0 Å². The number of rotatable bonds is 2. The predicted octanol–water partition coefficient (Wildman–Crippen LogP) is 5.23. The van der Waals surface area contributed by atoms with E-state index in [-0.39, 0.29) is 6.85 Å². The van der Waals surface area contributed by atoms with Gasteiger partial charge in [-0.2, -0.15) is 15.0 Å². The molecule has 0 saturated heterocycles. The SMILES string of the molecule is c1ccc(-c2ccc3c(c2)B2c4cc(-n5nccn5)ccc4-c4ccccc4N2c2ccccc2-3)nc1. The van der Waals surface area contributed by atoms with Crippen LogP contribution in [0.5, 0.6) is 0 Å². The average molecular weight is 473 g/mol. The Bertz CT molecular complexity index is 1800. The van der Waals surface area contributed by atoms with E-state index < -0.39 is 0 Å². The van der Waals surface area contributed by atoms with Crippen molar-refractivity contribution in [2.24, 2.45) is 0 Å². The monoisotopic (exact) mass is 473 g/mol. The van der Waals surface area contributed by atoms with Gasteiger partial charge in [0.2, 0.25) is 0 Å². The van der Waals surface area contributed by atoms with Gasteiger partial charge in [0.05, 0.1) is 23.8 Å². The first-order chi connectivity index (χ1) is 18.4. The van der Waals surface area contributed by atoms with Crippen LogP contribution in [0.15, 0.2) is 122 Å². The van der Waals surface area contributed by atoms with Gasteiger partial charge in [-0.15, -0.1) is 0 Å². The van der Waals surface area contributed by atoms with Gasteiger partial charge in [0.25, 0.3) is 0 Å². The highest BCUT2D eigenvalue weighted by molar-refractivity contribution is 6.92. The Morgan fingerprint density at radius 1 is 0.541 bits per heavy atom. The summed E-state index contributed by atoms with van der Waals surface area (Å²) in [5, 5.41) is 8.80. The average Bonchev–Trinajstić information content (AvgIpc) is 3.52. The minimum absolute atomic E-state index is 0.00558. The van der Waals surface area contributed by atoms with Crippen molar-refractivity contribution >= 4 is 29.1 Å². The summed E-state index contributed by atoms with van der Waals surface area (Å²) in [7, 11) is 0. The van der Waals surface area contributed by atoms with Crippen molar-refractivity contribution in [2.75, 3.05) is 4.81 Å². The van der Waals surface area contributed by atoms with E-state index in [1.165, 1.54) is 44.6 Å². The zero-order chi connectivity index (χ0) is 24.3. The first-order valence-corrected chi connectivity index (χ1v) is 12.4. The second kappa shape index (κ2) is 7.77. The molecule has 5 nitrogen and oxygen atoms in total. The van der Waals surface area contributed by atoms with E-state index in [0.717, 1.165) is 16.9 Å². The molecule has 8 rings (SSSR count). The maximum Gasteiger partial charge on any atom is 0.329 e. The molecule has 0 bridgehead atoms. The van der Waals surface area contributed by atoms with Crippen molar-refractivity contribution in [1.29, 1.82) is 0 Å². The number of para-hydroxylation sites is 2. The lowest BCUT2D eigenvalue weighted by Gasteiger charge is -2.43. The van der Waals surface area contributed by atoms with E-state index in [0.29, 0.717) is 0 Å². The van der Waals surface area contributed by atoms with E-state index in [1.807, 2.05) is 18.3 Å². The quantitative estimate of drug-likeness (QED) is 0.323. The molecule has 4 aromatic carbocycles. The van der Waals surface area contributed by atoms with E-state index in [9.17, 15) is 0 Å². The Balaban J connectivity index is 1.45. The highest BCUT2D eigenvalue weighted by Gasteiger charge is 2.42. The fourth-order valence-electron chi connectivity index (χ4n) is 5.90. The van der Waals surface area contributed by atoms with Crippen LogP contribution in [-0.4, -0.2) is 26.8 Å². The summed E-state index contributed by atoms with van der Waals surface area (Å²) in [6.07, 6.45) is 5.28. The van der Waals surface area contributed by atoms with Crippen LogP contribution in [0.3, 0.4) is 0 Å². The van der Waals surface area contributed by atoms with Gasteiger partial charge >= 0.3 is 6.85 Å². The third-order valence-electron chi connectivity index (χ3n) is 7.45. The standard InChI is InChI=1S/C31H20BN5/c1-3-10-30-25(7-1)23-14-12-21(29-9-5-6-16-33-29)19-27(23)32-28-20-22(37-34-17-18-35-37)13-15-24(28)26-8-2-4-11-31(26)36(30)32/h1-20H. The normalized spacial score (nSPS) is 12.8. The molecule has 0 radical (unpaired) electrons. The minimum Gasteiger partial charge on any atom is -0.376 e. The summed E-state index contributed by atoms with van der Waals surface area (Å²) in [6.45, 7) is -0.00558. The van der Waals surface area contributed by atoms with Gasteiger partial charge in [-0.05, 0) is 64.0 Å². The summed E-state index contributed by atoms with van der Waals surface area (Å²) >= 11 is 0. The third-order valence-corrected chi connectivity index (χ3v) is 7.45. The Hall–Kier alpha value is -4.97. The predicted molar refractivity (Wildman–Crippen MR) is 149 cm³/mol. The molecule has 0 atom stereocenters. The van der Waals surface area contributed by atoms with Gasteiger partial charge in [-0.3, -0.25) is 4.98 Å². The number of hydrogen-bond donors (Lipinski definition) is 0. The van der Waals surface area contributed by atoms with Crippen LogP contribution in [0.4, 0.5) is 11.4 Å². The zero-order valence-electron chi connectivity index (χ0n) is 19.9. The van der Waals surface area contributed by atoms with E-state index >= 15 is 0 Å². The summed E-state index contributed by atoms with van der Waals surface area (Å²) in [4.78, 5) is 8.83. The van der Waals surface area contributed by atoms with Crippen LogP contribution >= 0.6 is 0 Å². The van der Waals surface area contributed by atoms with Gasteiger partial charge in [0, 0.05) is 28.7 Å². The van der Waals surface area contributed by atoms with Crippen molar-refractivity contribution < 1.29 is 0 Å². The van der Waals surface area contributed by atoms with Crippen molar-refractivity contribution in [3.63, 3.8) is 0 Å². The van der Waals surface area contributed by atoms with E-state index in [1.54, 1.807) is 17.2 Å².